The molecule has 1 spiro atoms. The van der Waals surface area contributed by atoms with Crippen molar-refractivity contribution in [1.29, 1.82) is 0 Å². The zero-order valence-electron chi connectivity index (χ0n) is 9.21. The van der Waals surface area contributed by atoms with E-state index in [2.05, 4.69) is 0 Å². The lowest BCUT2D eigenvalue weighted by molar-refractivity contribution is -0.236. The smallest absolute Gasteiger partial charge is 0.219 e. The highest BCUT2D eigenvalue weighted by atomic mass is 16.6. The zero-order chi connectivity index (χ0) is 10.6. The summed E-state index contributed by atoms with van der Waals surface area (Å²) in [7, 11) is 0. The first-order chi connectivity index (χ1) is 6.72. The minimum absolute atomic E-state index is 0.129. The van der Waals surface area contributed by atoms with Crippen molar-refractivity contribution in [3.8, 4) is 0 Å². The number of morpholine rings is 1. The van der Waals surface area contributed by atoms with Crippen molar-refractivity contribution in [1.82, 2.24) is 4.90 Å². The second kappa shape index (κ2) is 4.75. The summed E-state index contributed by atoms with van der Waals surface area (Å²) in [5.74, 6) is 0.129. The fourth-order valence-corrected chi connectivity index (χ4v) is 1.62. The van der Waals surface area contributed by atoms with Crippen LogP contribution in [0.15, 0.2) is 0 Å². The fourth-order valence-electron chi connectivity index (χ4n) is 1.62. The quantitative estimate of drug-likeness (QED) is 0.578. The van der Waals surface area contributed by atoms with Crippen LogP contribution in [0, 0.1) is 0 Å². The molecule has 0 saturated carbocycles. The normalized spacial score (nSPS) is 23.5. The van der Waals surface area contributed by atoms with Gasteiger partial charge in [-0.2, -0.15) is 0 Å². The first-order valence-corrected chi connectivity index (χ1v) is 5.19. The molecule has 2 rings (SSSR count). The molecule has 0 aromatic heterocycles. The van der Waals surface area contributed by atoms with Gasteiger partial charge in [0.2, 0.25) is 5.91 Å². The van der Waals surface area contributed by atoms with E-state index in [0.29, 0.717) is 26.4 Å². The maximum absolute atomic E-state index is 11.1. The summed E-state index contributed by atoms with van der Waals surface area (Å²) in [5.41, 5.74) is -0.163. The van der Waals surface area contributed by atoms with E-state index in [9.17, 15) is 4.79 Å². The Hall–Kier alpha value is -0.610. The third-order valence-corrected chi connectivity index (χ3v) is 2.42. The van der Waals surface area contributed by atoms with E-state index in [1.807, 2.05) is 18.7 Å². The molecule has 0 aromatic carbocycles. The molecule has 14 heavy (non-hydrogen) atoms. The second-order valence-corrected chi connectivity index (χ2v) is 3.46. The molecular weight excluding hydrogens is 182 g/mol. The molecule has 2 heterocycles. The lowest BCUT2D eigenvalue weighted by Crippen LogP contribution is -2.63. The number of amides is 1. The van der Waals surface area contributed by atoms with Crippen LogP contribution in [0.5, 0.6) is 0 Å². The number of hydrogen-bond donors (Lipinski definition) is 0. The molecule has 0 atom stereocenters. The van der Waals surface area contributed by atoms with Gasteiger partial charge in [0.25, 0.3) is 0 Å². The molecule has 0 aliphatic carbocycles. The highest BCUT2D eigenvalue weighted by Crippen LogP contribution is 2.26. The van der Waals surface area contributed by atoms with E-state index < -0.39 is 0 Å². The number of carbonyl (C=O) groups excluding carboxylic acids is 1. The minimum Gasteiger partial charge on any atom is -0.375 e. The van der Waals surface area contributed by atoms with Gasteiger partial charge >= 0.3 is 0 Å². The largest absolute Gasteiger partial charge is 0.375 e. The fraction of sp³-hybridized carbons (Fsp3) is 0.900. The van der Waals surface area contributed by atoms with Gasteiger partial charge in [-0.1, -0.05) is 13.8 Å². The van der Waals surface area contributed by atoms with Crippen molar-refractivity contribution in [2.75, 3.05) is 32.9 Å². The average molecular weight is 201 g/mol. The van der Waals surface area contributed by atoms with Crippen LogP contribution in [0.4, 0.5) is 0 Å². The van der Waals surface area contributed by atoms with Crippen LogP contribution in [0.25, 0.3) is 0 Å². The van der Waals surface area contributed by atoms with Gasteiger partial charge in [-0.15, -0.1) is 0 Å². The van der Waals surface area contributed by atoms with E-state index in [-0.39, 0.29) is 11.5 Å². The SMILES string of the molecule is CC.CC(=O)N1CCOC2(COC2)C1. The summed E-state index contributed by atoms with van der Waals surface area (Å²) in [6, 6.07) is 0. The topological polar surface area (TPSA) is 38.8 Å². The molecule has 0 radical (unpaired) electrons. The minimum atomic E-state index is -0.163. The van der Waals surface area contributed by atoms with Gasteiger partial charge < -0.3 is 14.4 Å². The third-order valence-electron chi connectivity index (χ3n) is 2.42. The first-order valence-electron chi connectivity index (χ1n) is 5.19. The van der Waals surface area contributed by atoms with E-state index >= 15 is 0 Å². The molecular formula is C10H19NO3. The van der Waals surface area contributed by atoms with Crippen LogP contribution in [0.1, 0.15) is 20.8 Å². The van der Waals surface area contributed by atoms with E-state index in [1.54, 1.807) is 6.92 Å². The Morgan fingerprint density at radius 3 is 2.43 bits per heavy atom. The van der Waals surface area contributed by atoms with Crippen molar-refractivity contribution < 1.29 is 14.3 Å². The maximum Gasteiger partial charge on any atom is 0.219 e. The number of rotatable bonds is 0. The van der Waals surface area contributed by atoms with Gasteiger partial charge in [-0.25, -0.2) is 0 Å². The molecule has 2 aliphatic rings. The van der Waals surface area contributed by atoms with E-state index in [4.69, 9.17) is 9.47 Å². The van der Waals surface area contributed by atoms with Crippen molar-refractivity contribution in [2.24, 2.45) is 0 Å². The van der Waals surface area contributed by atoms with Crippen LogP contribution in [0.2, 0.25) is 0 Å². The number of ether oxygens (including phenoxy) is 2. The summed E-state index contributed by atoms with van der Waals surface area (Å²) < 4.78 is 10.6. The molecule has 0 bridgehead atoms. The number of carbonyl (C=O) groups is 1. The zero-order valence-corrected chi connectivity index (χ0v) is 9.21. The van der Waals surface area contributed by atoms with Gasteiger partial charge in [0, 0.05) is 13.5 Å². The molecule has 82 valence electrons. The van der Waals surface area contributed by atoms with Crippen LogP contribution >= 0.6 is 0 Å². The lowest BCUT2D eigenvalue weighted by atomic mass is 10.00. The summed E-state index contributed by atoms with van der Waals surface area (Å²) in [6.45, 7) is 8.93. The van der Waals surface area contributed by atoms with Crippen molar-refractivity contribution >= 4 is 5.91 Å². The Labute approximate surface area is 85.2 Å². The van der Waals surface area contributed by atoms with Crippen molar-refractivity contribution in [3.05, 3.63) is 0 Å². The maximum atomic E-state index is 11.1. The number of hydrogen-bond acceptors (Lipinski definition) is 3. The van der Waals surface area contributed by atoms with E-state index in [0.717, 1.165) is 6.54 Å². The Bertz CT molecular complexity index is 202. The Morgan fingerprint density at radius 1 is 1.36 bits per heavy atom. The molecule has 1 amide bonds. The Balaban J connectivity index is 0.000000461. The Morgan fingerprint density at radius 2 is 2.00 bits per heavy atom. The summed E-state index contributed by atoms with van der Waals surface area (Å²) in [4.78, 5) is 12.9. The second-order valence-electron chi connectivity index (χ2n) is 3.46. The van der Waals surface area contributed by atoms with Gasteiger partial charge in [0.15, 0.2) is 0 Å². The highest BCUT2D eigenvalue weighted by Gasteiger charge is 2.44. The van der Waals surface area contributed by atoms with Crippen LogP contribution in [-0.4, -0.2) is 49.3 Å². The predicted molar refractivity (Wildman–Crippen MR) is 53.1 cm³/mol. The van der Waals surface area contributed by atoms with Crippen molar-refractivity contribution in [3.63, 3.8) is 0 Å². The van der Waals surface area contributed by atoms with Gasteiger partial charge in [-0.3, -0.25) is 4.79 Å². The molecule has 2 aliphatic heterocycles. The van der Waals surface area contributed by atoms with Gasteiger partial charge in [0.05, 0.1) is 26.4 Å². The van der Waals surface area contributed by atoms with E-state index in [1.165, 1.54) is 0 Å². The monoisotopic (exact) mass is 201 g/mol. The lowest BCUT2D eigenvalue weighted by Gasteiger charge is -2.47. The third kappa shape index (κ3) is 2.25. The molecule has 0 unspecified atom stereocenters. The molecule has 4 heteroatoms. The molecule has 2 saturated heterocycles. The summed E-state index contributed by atoms with van der Waals surface area (Å²) >= 11 is 0. The van der Waals surface area contributed by atoms with Crippen molar-refractivity contribution in [2.45, 2.75) is 26.4 Å². The van der Waals surface area contributed by atoms with Gasteiger partial charge in [-0.05, 0) is 0 Å². The van der Waals surface area contributed by atoms with Crippen LogP contribution in [0.3, 0.4) is 0 Å². The average Bonchev–Trinajstić information content (AvgIpc) is 2.19. The van der Waals surface area contributed by atoms with Crippen LogP contribution < -0.4 is 0 Å². The van der Waals surface area contributed by atoms with Crippen LogP contribution in [-0.2, 0) is 14.3 Å². The number of nitrogens with zero attached hydrogens (tertiary/aromatic N) is 1. The first kappa shape index (κ1) is 11.5. The standard InChI is InChI=1S/C8H13NO3.C2H6/c1-7(10)9-2-3-12-8(4-9)5-11-6-8;1-2/h2-6H2,1H3;1-2H3. The summed E-state index contributed by atoms with van der Waals surface area (Å²) in [6.07, 6.45) is 0. The molecule has 0 N–H and O–H groups in total. The Kier molecular flexibility index (Phi) is 3.89. The molecule has 0 aromatic rings. The summed E-state index contributed by atoms with van der Waals surface area (Å²) in [5, 5.41) is 0. The highest BCUT2D eigenvalue weighted by molar-refractivity contribution is 5.73. The van der Waals surface area contributed by atoms with Gasteiger partial charge in [0.1, 0.15) is 5.60 Å². The predicted octanol–water partition coefficient (Wildman–Crippen LogP) is 0.660. The molecule has 4 nitrogen and oxygen atoms in total. The molecule has 2 fully saturated rings.